The van der Waals surface area contributed by atoms with Gasteiger partial charge in [0.25, 0.3) is 0 Å². The van der Waals surface area contributed by atoms with Gasteiger partial charge in [0.1, 0.15) is 5.82 Å². The zero-order chi connectivity index (χ0) is 18.3. The maximum Gasteiger partial charge on any atom is 0.227 e. The first-order chi connectivity index (χ1) is 12.5. The molecule has 1 fully saturated rings. The lowest BCUT2D eigenvalue weighted by Gasteiger charge is -2.38. The summed E-state index contributed by atoms with van der Waals surface area (Å²) in [5.74, 6) is 0.943. The van der Waals surface area contributed by atoms with Gasteiger partial charge in [-0.15, -0.1) is 0 Å². The fourth-order valence-corrected chi connectivity index (χ4v) is 3.38. The smallest absolute Gasteiger partial charge is 0.227 e. The van der Waals surface area contributed by atoms with Gasteiger partial charge in [-0.3, -0.25) is 4.79 Å². The normalized spacial score (nSPS) is 16.9. The van der Waals surface area contributed by atoms with Crippen molar-refractivity contribution in [2.75, 3.05) is 22.9 Å². The third kappa shape index (κ3) is 3.30. The number of carbonyl (C=O) groups excluding carboxylic acids is 1. The molecular weight excluding hydrogens is 335 g/mol. The van der Waals surface area contributed by atoms with Crippen molar-refractivity contribution >= 4 is 17.3 Å². The molecule has 26 heavy (non-hydrogen) atoms. The number of benzene rings is 1. The minimum atomic E-state index is -0.322. The van der Waals surface area contributed by atoms with Crippen LogP contribution in [0.25, 0.3) is 0 Å². The molecule has 7 heteroatoms. The van der Waals surface area contributed by atoms with Crippen LogP contribution in [0.5, 0.6) is 0 Å². The number of amides is 1. The lowest BCUT2D eigenvalue weighted by Crippen LogP contribution is -2.45. The van der Waals surface area contributed by atoms with Gasteiger partial charge in [-0.1, -0.05) is 19.0 Å². The third-order valence-electron chi connectivity index (χ3n) is 4.94. The minimum absolute atomic E-state index is 0.0448. The van der Waals surface area contributed by atoms with Crippen molar-refractivity contribution in [1.82, 2.24) is 10.1 Å². The van der Waals surface area contributed by atoms with Crippen molar-refractivity contribution in [2.24, 2.45) is 0 Å². The molecule has 1 aromatic heterocycles. The number of aryl methyl sites for hydroxylation is 1. The van der Waals surface area contributed by atoms with Crippen molar-refractivity contribution < 1.29 is 13.7 Å². The molecule has 1 aliphatic heterocycles. The van der Waals surface area contributed by atoms with Crippen LogP contribution in [0.1, 0.15) is 50.7 Å². The van der Waals surface area contributed by atoms with Crippen LogP contribution in [-0.2, 0) is 11.2 Å². The highest BCUT2D eigenvalue weighted by Crippen LogP contribution is 2.40. The monoisotopic (exact) mass is 358 g/mol. The van der Waals surface area contributed by atoms with E-state index in [1.807, 2.05) is 13.8 Å². The molecule has 0 N–H and O–H groups in total. The molecule has 2 aromatic rings. The Morgan fingerprint density at radius 3 is 2.81 bits per heavy atom. The fourth-order valence-electron chi connectivity index (χ4n) is 3.38. The Hall–Kier alpha value is -2.44. The van der Waals surface area contributed by atoms with Crippen molar-refractivity contribution in [3.8, 4) is 0 Å². The Kier molecular flexibility index (Phi) is 4.38. The van der Waals surface area contributed by atoms with Crippen molar-refractivity contribution in [3.63, 3.8) is 0 Å². The molecule has 1 amide bonds. The molecule has 0 radical (unpaired) electrons. The average Bonchev–Trinajstić information content (AvgIpc) is 3.35. The van der Waals surface area contributed by atoms with Crippen molar-refractivity contribution in [2.45, 2.75) is 51.5 Å². The third-order valence-corrected chi connectivity index (χ3v) is 4.94. The van der Waals surface area contributed by atoms with E-state index in [1.54, 1.807) is 11.0 Å². The Morgan fingerprint density at radius 1 is 1.31 bits per heavy atom. The van der Waals surface area contributed by atoms with Gasteiger partial charge >= 0.3 is 0 Å². The summed E-state index contributed by atoms with van der Waals surface area (Å²) in [7, 11) is 0. The predicted octanol–water partition coefficient (Wildman–Crippen LogP) is 3.28. The second-order valence-corrected chi connectivity index (χ2v) is 7.30. The highest BCUT2D eigenvalue weighted by atomic mass is 19.1. The van der Waals surface area contributed by atoms with E-state index in [-0.39, 0.29) is 24.1 Å². The number of hydrogen-bond acceptors (Lipinski definition) is 5. The lowest BCUT2D eigenvalue weighted by molar-refractivity contribution is -0.118. The molecule has 4 rings (SSSR count). The van der Waals surface area contributed by atoms with Crippen LogP contribution < -0.4 is 9.80 Å². The Labute approximate surface area is 152 Å². The van der Waals surface area contributed by atoms with Gasteiger partial charge in [0.2, 0.25) is 11.8 Å². The first kappa shape index (κ1) is 17.0. The quantitative estimate of drug-likeness (QED) is 0.821. The summed E-state index contributed by atoms with van der Waals surface area (Å²) in [6, 6.07) is 5.25. The molecule has 138 valence electrons. The number of aromatic nitrogens is 2. The topological polar surface area (TPSA) is 62.5 Å². The summed E-state index contributed by atoms with van der Waals surface area (Å²) >= 11 is 0. The first-order valence-electron chi connectivity index (χ1n) is 9.22. The van der Waals surface area contributed by atoms with Gasteiger partial charge in [-0.05, 0) is 31.0 Å². The van der Waals surface area contributed by atoms with Crippen LogP contribution in [0, 0.1) is 5.82 Å². The highest BCUT2D eigenvalue weighted by molar-refractivity contribution is 5.98. The Bertz CT molecular complexity index is 816. The number of fused-ring (bicyclic) bond motifs is 1. The number of hydrogen-bond donors (Lipinski definition) is 0. The zero-order valence-corrected chi connectivity index (χ0v) is 15.1. The number of nitrogens with zero attached hydrogens (tertiary/aromatic N) is 4. The zero-order valence-electron chi connectivity index (χ0n) is 15.1. The van der Waals surface area contributed by atoms with Gasteiger partial charge < -0.3 is 14.3 Å². The molecule has 0 saturated heterocycles. The number of carbonyl (C=O) groups is 1. The van der Waals surface area contributed by atoms with Gasteiger partial charge in [-0.2, -0.15) is 4.98 Å². The second-order valence-electron chi connectivity index (χ2n) is 7.30. The van der Waals surface area contributed by atoms with Gasteiger partial charge in [0, 0.05) is 37.9 Å². The Balaban J connectivity index is 1.48. The average molecular weight is 358 g/mol. The first-order valence-corrected chi connectivity index (χ1v) is 9.22. The summed E-state index contributed by atoms with van der Waals surface area (Å²) in [4.78, 5) is 21.1. The van der Waals surface area contributed by atoms with E-state index in [0.717, 1.165) is 12.2 Å². The number of rotatable bonds is 5. The van der Waals surface area contributed by atoms with Crippen LogP contribution in [0.4, 0.5) is 15.8 Å². The number of anilines is 2. The van der Waals surface area contributed by atoms with E-state index in [1.165, 1.54) is 25.0 Å². The van der Waals surface area contributed by atoms with Gasteiger partial charge in [-0.25, -0.2) is 4.39 Å². The van der Waals surface area contributed by atoms with Gasteiger partial charge in [0.15, 0.2) is 5.82 Å². The van der Waals surface area contributed by atoms with Crippen LogP contribution in [-0.4, -0.2) is 35.2 Å². The van der Waals surface area contributed by atoms with Crippen LogP contribution >= 0.6 is 0 Å². The molecule has 1 aliphatic carbocycles. The summed E-state index contributed by atoms with van der Waals surface area (Å²) < 4.78 is 19.0. The Morgan fingerprint density at radius 2 is 2.12 bits per heavy atom. The fraction of sp³-hybridized carbons (Fsp3) is 0.526. The summed E-state index contributed by atoms with van der Waals surface area (Å²) in [6.45, 7) is 5.34. The molecule has 1 saturated carbocycles. The minimum Gasteiger partial charge on any atom is -0.365 e. The van der Waals surface area contributed by atoms with E-state index in [2.05, 4.69) is 15.0 Å². The van der Waals surface area contributed by atoms with Crippen molar-refractivity contribution in [1.29, 1.82) is 0 Å². The standard InChI is InChI=1S/C19H23FN4O2/c1-12(2)19-21-17(26-22-19)7-8-18(25)24-10-9-23(14-4-5-14)15-6-3-13(20)11-16(15)24/h3,6,11-12,14H,4-5,7-10H2,1-2H3. The second kappa shape index (κ2) is 6.70. The van der Waals surface area contributed by atoms with E-state index in [9.17, 15) is 9.18 Å². The SMILES string of the molecule is CC(C)c1noc(CCC(=O)N2CCN(C3CC3)c3ccc(F)cc32)n1. The molecule has 0 spiro atoms. The van der Waals surface area contributed by atoms with Crippen LogP contribution in [0.2, 0.25) is 0 Å². The lowest BCUT2D eigenvalue weighted by atomic mass is 10.1. The van der Waals surface area contributed by atoms with E-state index >= 15 is 0 Å². The summed E-state index contributed by atoms with van der Waals surface area (Å²) in [5.41, 5.74) is 1.62. The molecule has 0 bridgehead atoms. The highest BCUT2D eigenvalue weighted by Gasteiger charge is 2.35. The molecule has 2 heterocycles. The molecule has 2 aliphatic rings. The molecule has 6 nitrogen and oxygen atoms in total. The summed E-state index contributed by atoms with van der Waals surface area (Å²) in [5, 5.41) is 3.92. The van der Waals surface area contributed by atoms with Crippen molar-refractivity contribution in [3.05, 3.63) is 35.7 Å². The van der Waals surface area contributed by atoms with E-state index < -0.39 is 0 Å². The molecular formula is C19H23FN4O2. The molecule has 0 atom stereocenters. The van der Waals surface area contributed by atoms with Crippen LogP contribution in [0.15, 0.2) is 22.7 Å². The van der Waals surface area contributed by atoms with E-state index in [0.29, 0.717) is 36.4 Å². The number of halogens is 1. The predicted molar refractivity (Wildman–Crippen MR) is 95.8 cm³/mol. The van der Waals surface area contributed by atoms with Gasteiger partial charge in [0.05, 0.1) is 11.4 Å². The molecule has 1 aromatic carbocycles. The largest absolute Gasteiger partial charge is 0.365 e. The van der Waals surface area contributed by atoms with Crippen LogP contribution in [0.3, 0.4) is 0 Å². The maximum absolute atomic E-state index is 13.8. The molecule has 0 unspecified atom stereocenters. The van der Waals surface area contributed by atoms with E-state index in [4.69, 9.17) is 4.52 Å². The summed E-state index contributed by atoms with van der Waals surface area (Å²) in [6.07, 6.45) is 2.99. The maximum atomic E-state index is 13.8.